The molecule has 3 rings (SSSR count). The molecule has 0 saturated heterocycles. The molecule has 0 atom stereocenters. The smallest absolute Gasteiger partial charge is 0.329 e. The van der Waals surface area contributed by atoms with E-state index in [0.29, 0.717) is 28.6 Å². The van der Waals surface area contributed by atoms with E-state index in [1.165, 1.54) is 6.21 Å². The molecule has 2 amide bonds. The van der Waals surface area contributed by atoms with Crippen LogP contribution in [-0.2, 0) is 16.2 Å². The van der Waals surface area contributed by atoms with E-state index < -0.39 is 11.8 Å². The molecular weight excluding hydrogens is 390 g/mol. The normalized spacial score (nSPS) is 10.5. The lowest BCUT2D eigenvalue weighted by atomic mass is 10.2. The Hall–Kier alpha value is -3.64. The van der Waals surface area contributed by atoms with Crippen molar-refractivity contribution in [2.45, 2.75) is 6.61 Å². The molecule has 3 aromatic carbocycles. The van der Waals surface area contributed by atoms with Gasteiger partial charge in [0.1, 0.15) is 12.4 Å². The Morgan fingerprint density at radius 2 is 1.69 bits per heavy atom. The first kappa shape index (κ1) is 20.1. The molecule has 0 fully saturated rings. The van der Waals surface area contributed by atoms with Crippen LogP contribution in [0.4, 0.5) is 5.69 Å². The Balaban J connectivity index is 1.51. The molecule has 0 aliphatic heterocycles. The van der Waals surface area contributed by atoms with Crippen molar-refractivity contribution in [1.29, 1.82) is 0 Å². The highest BCUT2D eigenvalue weighted by molar-refractivity contribution is 6.39. The van der Waals surface area contributed by atoms with Crippen LogP contribution >= 0.6 is 11.6 Å². The average Bonchev–Trinajstić information content (AvgIpc) is 2.75. The molecule has 3 aromatic rings. The lowest BCUT2D eigenvalue weighted by Crippen LogP contribution is -2.32. The van der Waals surface area contributed by atoms with Gasteiger partial charge in [0.15, 0.2) is 0 Å². The first-order valence-electron chi connectivity index (χ1n) is 8.77. The van der Waals surface area contributed by atoms with Gasteiger partial charge < -0.3 is 10.1 Å². The molecule has 0 bridgehead atoms. The van der Waals surface area contributed by atoms with Crippen LogP contribution in [0.25, 0.3) is 0 Å². The van der Waals surface area contributed by atoms with Gasteiger partial charge in [0, 0.05) is 10.7 Å². The van der Waals surface area contributed by atoms with Crippen LogP contribution in [0.5, 0.6) is 5.75 Å². The molecule has 0 heterocycles. The third-order valence-electron chi connectivity index (χ3n) is 3.79. The van der Waals surface area contributed by atoms with Crippen LogP contribution in [0.2, 0.25) is 5.02 Å². The zero-order valence-corrected chi connectivity index (χ0v) is 16.1. The molecule has 0 aliphatic rings. The Kier molecular flexibility index (Phi) is 6.97. The second-order valence-corrected chi connectivity index (χ2v) is 6.44. The predicted octanol–water partition coefficient (Wildman–Crippen LogP) is 4.01. The zero-order chi connectivity index (χ0) is 20.5. The fraction of sp³-hybridized carbons (Fsp3) is 0.0455. The molecule has 7 heteroatoms. The number of ether oxygens (including phenoxy) is 1. The number of amides is 2. The molecule has 0 spiro atoms. The molecule has 0 unspecified atom stereocenters. The molecule has 0 aromatic heterocycles. The maximum absolute atomic E-state index is 11.9. The van der Waals surface area contributed by atoms with Crippen molar-refractivity contribution in [3.05, 3.63) is 95.0 Å². The third-order valence-corrected chi connectivity index (χ3v) is 4.05. The van der Waals surface area contributed by atoms with Gasteiger partial charge in [-0.2, -0.15) is 5.10 Å². The number of benzene rings is 3. The van der Waals surface area contributed by atoms with Crippen molar-refractivity contribution < 1.29 is 14.3 Å². The summed E-state index contributed by atoms with van der Waals surface area (Å²) in [5.74, 6) is -1.04. The molecular formula is C22H18ClN3O3. The molecule has 2 N–H and O–H groups in total. The van der Waals surface area contributed by atoms with Gasteiger partial charge in [-0.05, 0) is 47.5 Å². The van der Waals surface area contributed by atoms with E-state index in [0.717, 1.165) is 5.56 Å². The summed E-state index contributed by atoms with van der Waals surface area (Å²) >= 11 is 5.78. The van der Waals surface area contributed by atoms with Gasteiger partial charge in [-0.25, -0.2) is 5.43 Å². The standard InChI is InChI=1S/C22H18ClN3O3/c23-18-9-11-19(12-10-18)25-21(27)22(28)26-24-14-17-7-4-8-20(13-17)29-15-16-5-2-1-3-6-16/h1-14H,15H2,(H,25,27)(H,26,28)/b24-14+. The minimum absolute atomic E-state index is 0.447. The summed E-state index contributed by atoms with van der Waals surface area (Å²) < 4.78 is 5.75. The Bertz CT molecular complexity index is 1010. The van der Waals surface area contributed by atoms with Crippen LogP contribution < -0.4 is 15.5 Å². The summed E-state index contributed by atoms with van der Waals surface area (Å²) in [6, 6.07) is 23.5. The van der Waals surface area contributed by atoms with E-state index in [1.807, 2.05) is 42.5 Å². The average molecular weight is 408 g/mol. The van der Waals surface area contributed by atoms with Crippen LogP contribution in [0, 0.1) is 0 Å². The Labute approximate surface area is 173 Å². The summed E-state index contributed by atoms with van der Waals surface area (Å²) in [6.07, 6.45) is 1.43. The molecule has 0 radical (unpaired) electrons. The lowest BCUT2D eigenvalue weighted by Gasteiger charge is -2.07. The quantitative estimate of drug-likeness (QED) is 0.368. The summed E-state index contributed by atoms with van der Waals surface area (Å²) in [4.78, 5) is 23.7. The lowest BCUT2D eigenvalue weighted by molar-refractivity contribution is -0.136. The first-order chi connectivity index (χ1) is 14.1. The largest absolute Gasteiger partial charge is 0.489 e. The molecule has 146 valence electrons. The fourth-order valence-electron chi connectivity index (χ4n) is 2.36. The van der Waals surface area contributed by atoms with E-state index in [9.17, 15) is 9.59 Å². The molecule has 0 saturated carbocycles. The SMILES string of the molecule is O=C(N/N=C/c1cccc(OCc2ccccc2)c1)C(=O)Nc1ccc(Cl)cc1. The predicted molar refractivity (Wildman–Crippen MR) is 113 cm³/mol. The minimum Gasteiger partial charge on any atom is -0.489 e. The molecule has 0 aliphatic carbocycles. The Morgan fingerprint density at radius 3 is 2.45 bits per heavy atom. The van der Waals surface area contributed by atoms with Crippen molar-refractivity contribution >= 4 is 35.3 Å². The van der Waals surface area contributed by atoms with Crippen molar-refractivity contribution in [1.82, 2.24) is 5.43 Å². The second-order valence-electron chi connectivity index (χ2n) is 6.01. The number of carbonyl (C=O) groups excluding carboxylic acids is 2. The van der Waals surface area contributed by atoms with Crippen molar-refractivity contribution in [3.63, 3.8) is 0 Å². The van der Waals surface area contributed by atoms with Gasteiger partial charge >= 0.3 is 11.8 Å². The van der Waals surface area contributed by atoms with Gasteiger partial charge in [-0.1, -0.05) is 54.1 Å². The number of anilines is 1. The highest BCUT2D eigenvalue weighted by atomic mass is 35.5. The highest BCUT2D eigenvalue weighted by Gasteiger charge is 2.12. The number of halogens is 1. The van der Waals surface area contributed by atoms with Crippen LogP contribution in [0.1, 0.15) is 11.1 Å². The van der Waals surface area contributed by atoms with E-state index in [4.69, 9.17) is 16.3 Å². The van der Waals surface area contributed by atoms with E-state index in [1.54, 1.807) is 36.4 Å². The van der Waals surface area contributed by atoms with Crippen LogP contribution in [0.15, 0.2) is 84.0 Å². The number of hydrogen-bond acceptors (Lipinski definition) is 4. The van der Waals surface area contributed by atoms with Gasteiger partial charge in [0.05, 0.1) is 6.21 Å². The monoisotopic (exact) mass is 407 g/mol. The second kappa shape index (κ2) is 10.1. The third kappa shape index (κ3) is 6.48. The van der Waals surface area contributed by atoms with Crippen LogP contribution in [0.3, 0.4) is 0 Å². The molecule has 29 heavy (non-hydrogen) atoms. The number of nitrogens with zero attached hydrogens (tertiary/aromatic N) is 1. The van der Waals surface area contributed by atoms with E-state index in [2.05, 4.69) is 15.8 Å². The Morgan fingerprint density at radius 1 is 0.931 bits per heavy atom. The number of carbonyl (C=O) groups is 2. The van der Waals surface area contributed by atoms with Gasteiger partial charge in [0.2, 0.25) is 0 Å². The summed E-state index contributed by atoms with van der Waals surface area (Å²) in [6.45, 7) is 0.447. The minimum atomic E-state index is -0.882. The van der Waals surface area contributed by atoms with E-state index >= 15 is 0 Å². The number of nitrogens with one attached hydrogen (secondary N) is 2. The number of hydrazone groups is 1. The van der Waals surface area contributed by atoms with Gasteiger partial charge in [0.25, 0.3) is 0 Å². The molecule has 6 nitrogen and oxygen atoms in total. The van der Waals surface area contributed by atoms with Gasteiger partial charge in [-0.3, -0.25) is 9.59 Å². The summed E-state index contributed by atoms with van der Waals surface area (Å²) in [5, 5.41) is 6.81. The fourth-order valence-corrected chi connectivity index (χ4v) is 2.49. The van der Waals surface area contributed by atoms with Crippen LogP contribution in [-0.4, -0.2) is 18.0 Å². The number of hydrogen-bond donors (Lipinski definition) is 2. The van der Waals surface area contributed by atoms with Crippen molar-refractivity contribution in [2.24, 2.45) is 5.10 Å². The number of rotatable bonds is 6. The first-order valence-corrected chi connectivity index (χ1v) is 9.15. The zero-order valence-electron chi connectivity index (χ0n) is 15.3. The maximum Gasteiger partial charge on any atom is 0.329 e. The summed E-state index contributed by atoms with van der Waals surface area (Å²) in [5.41, 5.74) is 4.43. The van der Waals surface area contributed by atoms with Gasteiger partial charge in [-0.15, -0.1) is 0 Å². The maximum atomic E-state index is 11.9. The van der Waals surface area contributed by atoms with E-state index in [-0.39, 0.29) is 0 Å². The van der Waals surface area contributed by atoms with Crippen molar-refractivity contribution in [2.75, 3.05) is 5.32 Å². The topological polar surface area (TPSA) is 79.8 Å². The summed E-state index contributed by atoms with van der Waals surface area (Å²) in [7, 11) is 0. The highest BCUT2D eigenvalue weighted by Crippen LogP contribution is 2.15. The van der Waals surface area contributed by atoms with Crippen molar-refractivity contribution in [3.8, 4) is 5.75 Å².